The number of rotatable bonds is 2. The van der Waals surface area contributed by atoms with Gasteiger partial charge in [-0.15, -0.1) is 0 Å². The fourth-order valence-electron chi connectivity index (χ4n) is 0.944. The maximum atomic E-state index is 10.2. The van der Waals surface area contributed by atoms with Crippen molar-refractivity contribution < 1.29 is 9.32 Å². The van der Waals surface area contributed by atoms with Crippen LogP contribution in [0.5, 0.6) is 0 Å². The average Bonchev–Trinajstić information content (AvgIpc) is 2.75. The number of nitrogens with zero attached hydrogens (tertiary/aromatic N) is 2. The van der Waals surface area contributed by atoms with Gasteiger partial charge in [-0.2, -0.15) is 0 Å². The third kappa shape index (κ3) is 1.03. The van der Waals surface area contributed by atoms with E-state index in [1.54, 1.807) is 10.6 Å². The van der Waals surface area contributed by atoms with Crippen molar-refractivity contribution in [1.29, 1.82) is 0 Å². The summed E-state index contributed by atoms with van der Waals surface area (Å²) in [6.45, 7) is 0. The molecule has 0 spiro atoms. The van der Waals surface area contributed by atoms with Crippen molar-refractivity contribution in [3.63, 3.8) is 0 Å². The molecule has 2 heterocycles. The van der Waals surface area contributed by atoms with Gasteiger partial charge in [0.15, 0.2) is 12.1 Å². The van der Waals surface area contributed by atoms with Gasteiger partial charge in [0.05, 0.1) is 0 Å². The van der Waals surface area contributed by atoms with E-state index in [1.165, 1.54) is 0 Å². The minimum atomic E-state index is 0.235. The molecule has 0 aliphatic heterocycles. The van der Waals surface area contributed by atoms with E-state index in [4.69, 9.17) is 4.52 Å². The molecule has 12 heavy (non-hydrogen) atoms. The van der Waals surface area contributed by atoms with Gasteiger partial charge < -0.3 is 9.09 Å². The molecule has 4 heteroatoms. The minimum absolute atomic E-state index is 0.235. The third-order valence-electron chi connectivity index (χ3n) is 1.50. The highest BCUT2D eigenvalue weighted by molar-refractivity contribution is 5.70. The lowest BCUT2D eigenvalue weighted by molar-refractivity contribution is 0.109. The zero-order valence-corrected chi connectivity index (χ0v) is 6.18. The van der Waals surface area contributed by atoms with Crippen LogP contribution in [0.4, 0.5) is 0 Å². The molecule has 2 rings (SSSR count). The Bertz CT molecular complexity index is 375. The molecule has 0 aromatic carbocycles. The Labute approximate surface area is 68.4 Å². The fourth-order valence-corrected chi connectivity index (χ4v) is 0.944. The molecule has 0 saturated carbocycles. The van der Waals surface area contributed by atoms with Gasteiger partial charge in [0.25, 0.3) is 0 Å². The number of aromatic nitrogens is 2. The van der Waals surface area contributed by atoms with Crippen LogP contribution < -0.4 is 0 Å². The van der Waals surface area contributed by atoms with E-state index >= 15 is 0 Å². The Balaban J connectivity index is 2.41. The highest BCUT2D eigenvalue weighted by Crippen LogP contribution is 2.06. The highest BCUT2D eigenvalue weighted by atomic mass is 16.5. The van der Waals surface area contributed by atoms with Gasteiger partial charge in [-0.1, -0.05) is 5.16 Å². The van der Waals surface area contributed by atoms with Crippen LogP contribution in [0.15, 0.2) is 35.1 Å². The van der Waals surface area contributed by atoms with Gasteiger partial charge in [-0.3, -0.25) is 4.79 Å². The molecular weight excluding hydrogens is 156 g/mol. The maximum absolute atomic E-state index is 10.2. The first kappa shape index (κ1) is 6.84. The molecule has 0 aliphatic rings. The normalized spacial score (nSPS) is 10.0. The zero-order chi connectivity index (χ0) is 8.39. The molecule has 60 valence electrons. The van der Waals surface area contributed by atoms with Crippen LogP contribution in [-0.2, 0) is 0 Å². The summed E-state index contributed by atoms with van der Waals surface area (Å²) in [5, 5.41) is 3.69. The molecule has 0 fully saturated rings. The summed E-state index contributed by atoms with van der Waals surface area (Å²) < 4.78 is 6.46. The second-order valence-corrected chi connectivity index (χ2v) is 2.30. The first-order valence-electron chi connectivity index (χ1n) is 3.45. The van der Waals surface area contributed by atoms with Crippen LogP contribution in [0.3, 0.4) is 0 Å². The predicted octanol–water partition coefficient (Wildman–Crippen LogP) is 1.28. The smallest absolute Gasteiger partial charge is 0.201 e. The molecule has 0 saturated heterocycles. The molecule has 0 N–H and O–H groups in total. The molecule has 0 bridgehead atoms. The molecule has 4 nitrogen and oxygen atoms in total. The second-order valence-electron chi connectivity index (χ2n) is 2.30. The van der Waals surface area contributed by atoms with Gasteiger partial charge in [-0.05, 0) is 12.1 Å². The molecular formula is C8H6N2O2. The Morgan fingerprint density at radius 3 is 2.75 bits per heavy atom. The average molecular weight is 162 g/mol. The molecule has 0 unspecified atom stereocenters. The van der Waals surface area contributed by atoms with Gasteiger partial charge >= 0.3 is 0 Å². The largest absolute Gasteiger partial charge is 0.351 e. The standard InChI is InChI=1S/C8H6N2O2/c11-6-7-5-8(9-12-7)10-3-1-2-4-10/h1-6H. The molecule has 0 amide bonds. The summed E-state index contributed by atoms with van der Waals surface area (Å²) in [6.07, 6.45) is 4.28. The Morgan fingerprint density at radius 1 is 1.42 bits per heavy atom. The quantitative estimate of drug-likeness (QED) is 0.625. The number of aldehydes is 1. The van der Waals surface area contributed by atoms with Crippen LogP contribution in [0, 0.1) is 0 Å². The van der Waals surface area contributed by atoms with E-state index in [-0.39, 0.29) is 5.76 Å². The van der Waals surface area contributed by atoms with Gasteiger partial charge in [0.1, 0.15) is 0 Å². The van der Waals surface area contributed by atoms with Gasteiger partial charge in [0.2, 0.25) is 5.76 Å². The van der Waals surface area contributed by atoms with E-state index in [2.05, 4.69) is 5.16 Å². The summed E-state index contributed by atoms with van der Waals surface area (Å²) in [6, 6.07) is 5.32. The Morgan fingerprint density at radius 2 is 2.17 bits per heavy atom. The summed E-state index contributed by atoms with van der Waals surface area (Å²) in [5.74, 6) is 0.848. The SMILES string of the molecule is O=Cc1cc(-n2cccc2)no1. The van der Waals surface area contributed by atoms with Crippen LogP contribution >= 0.6 is 0 Å². The fraction of sp³-hybridized carbons (Fsp3) is 0. The van der Waals surface area contributed by atoms with Crippen LogP contribution in [0.25, 0.3) is 5.82 Å². The van der Waals surface area contributed by atoms with E-state index in [9.17, 15) is 4.79 Å². The van der Waals surface area contributed by atoms with Crippen molar-refractivity contribution >= 4 is 6.29 Å². The van der Waals surface area contributed by atoms with Crippen molar-refractivity contribution in [3.8, 4) is 5.82 Å². The molecule has 0 aliphatic carbocycles. The summed E-state index contributed by atoms with van der Waals surface area (Å²) in [5.41, 5.74) is 0. The number of carbonyl (C=O) groups excluding carboxylic acids is 1. The summed E-state index contributed by atoms with van der Waals surface area (Å²) in [7, 11) is 0. The first-order chi connectivity index (χ1) is 5.90. The molecule has 0 radical (unpaired) electrons. The van der Waals surface area contributed by atoms with Crippen LogP contribution in [0.2, 0.25) is 0 Å². The lowest BCUT2D eigenvalue weighted by atomic mass is 10.5. The molecule has 2 aromatic heterocycles. The van der Waals surface area contributed by atoms with Crippen molar-refractivity contribution in [1.82, 2.24) is 9.72 Å². The monoisotopic (exact) mass is 162 g/mol. The minimum Gasteiger partial charge on any atom is -0.351 e. The first-order valence-corrected chi connectivity index (χ1v) is 3.45. The third-order valence-corrected chi connectivity index (χ3v) is 1.50. The number of hydrogen-bond donors (Lipinski definition) is 0. The summed E-state index contributed by atoms with van der Waals surface area (Å²) in [4.78, 5) is 10.2. The zero-order valence-electron chi connectivity index (χ0n) is 6.18. The Kier molecular flexibility index (Phi) is 1.51. The molecule has 2 aromatic rings. The number of hydrogen-bond acceptors (Lipinski definition) is 3. The van der Waals surface area contributed by atoms with Crippen molar-refractivity contribution in [2.75, 3.05) is 0 Å². The van der Waals surface area contributed by atoms with Gasteiger partial charge in [0, 0.05) is 18.5 Å². The van der Waals surface area contributed by atoms with Crippen LogP contribution in [-0.4, -0.2) is 16.0 Å². The van der Waals surface area contributed by atoms with E-state index < -0.39 is 0 Å². The second kappa shape index (κ2) is 2.65. The number of carbonyl (C=O) groups is 1. The predicted molar refractivity (Wildman–Crippen MR) is 41.2 cm³/mol. The van der Waals surface area contributed by atoms with Crippen molar-refractivity contribution in [2.24, 2.45) is 0 Å². The highest BCUT2D eigenvalue weighted by Gasteiger charge is 2.02. The Hall–Kier alpha value is -1.84. The van der Waals surface area contributed by atoms with Gasteiger partial charge in [-0.25, -0.2) is 0 Å². The molecule has 0 atom stereocenters. The van der Waals surface area contributed by atoms with Crippen LogP contribution in [0.1, 0.15) is 10.6 Å². The topological polar surface area (TPSA) is 48.0 Å². The lowest BCUT2D eigenvalue weighted by Gasteiger charge is -1.90. The van der Waals surface area contributed by atoms with Crippen molar-refractivity contribution in [2.45, 2.75) is 0 Å². The summed E-state index contributed by atoms with van der Waals surface area (Å²) >= 11 is 0. The van der Waals surface area contributed by atoms with E-state index in [0.717, 1.165) is 0 Å². The van der Waals surface area contributed by atoms with E-state index in [1.807, 2.05) is 24.5 Å². The van der Waals surface area contributed by atoms with Crippen molar-refractivity contribution in [3.05, 3.63) is 36.4 Å². The maximum Gasteiger partial charge on any atom is 0.201 e. The lowest BCUT2D eigenvalue weighted by Crippen LogP contribution is -1.87. The van der Waals surface area contributed by atoms with E-state index in [0.29, 0.717) is 12.1 Å².